The summed E-state index contributed by atoms with van der Waals surface area (Å²) in [6.45, 7) is 1.32. The van der Waals surface area contributed by atoms with Crippen molar-refractivity contribution in [3.05, 3.63) is 80.2 Å². The van der Waals surface area contributed by atoms with E-state index in [0.717, 1.165) is 34.0 Å². The van der Waals surface area contributed by atoms with Gasteiger partial charge in [-0.2, -0.15) is 0 Å². The van der Waals surface area contributed by atoms with Crippen LogP contribution >= 0.6 is 15.9 Å². The fourth-order valence-corrected chi connectivity index (χ4v) is 3.61. The van der Waals surface area contributed by atoms with Crippen molar-refractivity contribution in [1.29, 1.82) is 0 Å². The molecule has 3 aromatic rings. The van der Waals surface area contributed by atoms with E-state index in [1.54, 1.807) is 17.7 Å². The van der Waals surface area contributed by atoms with Gasteiger partial charge >= 0.3 is 0 Å². The van der Waals surface area contributed by atoms with Gasteiger partial charge in [-0.05, 0) is 67.4 Å². The molecule has 0 unspecified atom stereocenters. The van der Waals surface area contributed by atoms with Crippen LogP contribution in [0.4, 0.5) is 0 Å². The lowest BCUT2D eigenvalue weighted by molar-refractivity contribution is 0.0963. The first-order chi connectivity index (χ1) is 13.4. The number of amides is 1. The minimum atomic E-state index is -0.135. The maximum atomic E-state index is 13.1. The summed E-state index contributed by atoms with van der Waals surface area (Å²) in [7, 11) is 5.69. The second-order valence-electron chi connectivity index (χ2n) is 7.11. The summed E-state index contributed by atoms with van der Waals surface area (Å²) in [5, 5.41) is 4.33. The predicted molar refractivity (Wildman–Crippen MR) is 117 cm³/mol. The van der Waals surface area contributed by atoms with Crippen molar-refractivity contribution < 1.29 is 4.79 Å². The van der Waals surface area contributed by atoms with Crippen molar-refractivity contribution in [2.75, 3.05) is 27.7 Å². The summed E-state index contributed by atoms with van der Waals surface area (Å²) in [6.07, 6.45) is 2.80. The predicted octanol–water partition coefficient (Wildman–Crippen LogP) is 3.28. The standard InChI is InChI=1S/C22H24BrN3O2/c1-24-21(27)16-6-4-5-15(11-16)13-26-14-17(9-10-25(2)3)20-12-18(23)7-8-19(20)22(26)28/h4-8,11-12,14H,9-10,13H2,1-3H3,(H,24,27). The number of halogens is 1. The zero-order valence-electron chi connectivity index (χ0n) is 16.3. The Labute approximate surface area is 173 Å². The molecule has 1 heterocycles. The second-order valence-corrected chi connectivity index (χ2v) is 8.03. The largest absolute Gasteiger partial charge is 0.355 e. The van der Waals surface area contributed by atoms with Gasteiger partial charge in [-0.3, -0.25) is 9.59 Å². The van der Waals surface area contributed by atoms with Crippen LogP contribution in [0.1, 0.15) is 21.5 Å². The van der Waals surface area contributed by atoms with Crippen molar-refractivity contribution in [3.8, 4) is 0 Å². The van der Waals surface area contributed by atoms with E-state index in [2.05, 4.69) is 26.1 Å². The van der Waals surface area contributed by atoms with Gasteiger partial charge in [-0.15, -0.1) is 0 Å². The SMILES string of the molecule is CNC(=O)c1cccc(Cn2cc(CCN(C)C)c3cc(Br)ccc3c2=O)c1. The van der Waals surface area contributed by atoms with Crippen molar-refractivity contribution in [2.24, 2.45) is 0 Å². The van der Waals surface area contributed by atoms with Crippen molar-refractivity contribution in [3.63, 3.8) is 0 Å². The summed E-state index contributed by atoms with van der Waals surface area (Å²) >= 11 is 3.51. The van der Waals surface area contributed by atoms with Gasteiger partial charge < -0.3 is 14.8 Å². The van der Waals surface area contributed by atoms with Gasteiger partial charge in [0.05, 0.1) is 6.54 Å². The molecular weight excluding hydrogens is 418 g/mol. The number of carbonyl (C=O) groups is 1. The molecule has 2 aromatic carbocycles. The highest BCUT2D eigenvalue weighted by Crippen LogP contribution is 2.22. The minimum absolute atomic E-state index is 0.0264. The number of benzene rings is 2. The van der Waals surface area contributed by atoms with Gasteiger partial charge in [0.2, 0.25) is 0 Å². The van der Waals surface area contributed by atoms with Crippen molar-refractivity contribution >= 4 is 32.6 Å². The van der Waals surface area contributed by atoms with E-state index >= 15 is 0 Å². The fourth-order valence-electron chi connectivity index (χ4n) is 3.25. The molecule has 0 spiro atoms. The number of fused-ring (bicyclic) bond motifs is 1. The molecule has 0 atom stereocenters. The third kappa shape index (κ3) is 4.51. The van der Waals surface area contributed by atoms with Gasteiger partial charge in [0.25, 0.3) is 11.5 Å². The summed E-state index contributed by atoms with van der Waals surface area (Å²) in [4.78, 5) is 27.1. The van der Waals surface area contributed by atoms with Gasteiger partial charge in [0.15, 0.2) is 0 Å². The van der Waals surface area contributed by atoms with Crippen LogP contribution in [0.2, 0.25) is 0 Å². The molecule has 28 heavy (non-hydrogen) atoms. The Morgan fingerprint density at radius 3 is 2.64 bits per heavy atom. The average molecular weight is 442 g/mol. The zero-order chi connectivity index (χ0) is 20.3. The Morgan fingerprint density at radius 2 is 1.93 bits per heavy atom. The first-order valence-corrected chi connectivity index (χ1v) is 9.95. The Kier molecular flexibility index (Phi) is 6.31. The van der Waals surface area contributed by atoms with E-state index < -0.39 is 0 Å². The fraction of sp³-hybridized carbons (Fsp3) is 0.273. The number of rotatable bonds is 6. The molecule has 0 bridgehead atoms. The topological polar surface area (TPSA) is 54.3 Å². The highest BCUT2D eigenvalue weighted by atomic mass is 79.9. The van der Waals surface area contributed by atoms with Crippen LogP contribution in [0, 0.1) is 0 Å². The van der Waals surface area contributed by atoms with Crippen LogP contribution in [-0.4, -0.2) is 43.1 Å². The zero-order valence-corrected chi connectivity index (χ0v) is 17.9. The van der Waals surface area contributed by atoms with E-state index in [0.29, 0.717) is 17.5 Å². The summed E-state index contributed by atoms with van der Waals surface area (Å²) in [5.41, 5.74) is 2.61. The number of likely N-dealkylation sites (N-methyl/N-ethyl adjacent to an activating group) is 1. The van der Waals surface area contributed by atoms with E-state index in [1.165, 1.54) is 0 Å². The summed E-state index contributed by atoms with van der Waals surface area (Å²) in [5.74, 6) is -0.135. The first-order valence-electron chi connectivity index (χ1n) is 9.16. The maximum Gasteiger partial charge on any atom is 0.258 e. The molecule has 0 aliphatic rings. The van der Waals surface area contributed by atoms with Crippen molar-refractivity contribution in [2.45, 2.75) is 13.0 Å². The Balaban J connectivity index is 2.06. The third-order valence-corrected chi connectivity index (χ3v) is 5.22. The highest BCUT2D eigenvalue weighted by Gasteiger charge is 2.11. The van der Waals surface area contributed by atoms with Crippen LogP contribution in [0.5, 0.6) is 0 Å². The normalized spacial score (nSPS) is 11.2. The lowest BCUT2D eigenvalue weighted by atomic mass is 10.0. The smallest absolute Gasteiger partial charge is 0.258 e. The van der Waals surface area contributed by atoms with Crippen LogP contribution in [-0.2, 0) is 13.0 Å². The van der Waals surface area contributed by atoms with E-state index in [9.17, 15) is 9.59 Å². The Hall–Kier alpha value is -2.44. The van der Waals surface area contributed by atoms with Gasteiger partial charge in [0, 0.05) is 35.2 Å². The minimum Gasteiger partial charge on any atom is -0.355 e. The molecule has 1 aromatic heterocycles. The highest BCUT2D eigenvalue weighted by molar-refractivity contribution is 9.10. The summed E-state index contributed by atoms with van der Waals surface area (Å²) < 4.78 is 2.70. The number of nitrogens with one attached hydrogen (secondary N) is 1. The number of carbonyl (C=O) groups excluding carboxylic acids is 1. The third-order valence-electron chi connectivity index (χ3n) is 4.73. The Bertz CT molecular complexity index is 1070. The number of hydrogen-bond acceptors (Lipinski definition) is 3. The lowest BCUT2D eigenvalue weighted by Crippen LogP contribution is -2.23. The molecule has 6 heteroatoms. The molecule has 1 N–H and O–H groups in total. The van der Waals surface area contributed by atoms with Gasteiger partial charge in [0.1, 0.15) is 0 Å². The van der Waals surface area contributed by atoms with E-state index in [-0.39, 0.29) is 11.5 Å². The number of pyridine rings is 1. The molecule has 0 aliphatic heterocycles. The summed E-state index contributed by atoms with van der Waals surface area (Å²) in [6, 6.07) is 13.2. The molecule has 5 nitrogen and oxygen atoms in total. The number of nitrogens with zero attached hydrogens (tertiary/aromatic N) is 2. The number of hydrogen-bond donors (Lipinski definition) is 1. The van der Waals surface area contributed by atoms with E-state index in [4.69, 9.17) is 0 Å². The van der Waals surface area contributed by atoms with Crippen LogP contribution in [0.3, 0.4) is 0 Å². The second kappa shape index (κ2) is 8.71. The molecular formula is C22H24BrN3O2. The van der Waals surface area contributed by atoms with Crippen LogP contribution in [0.15, 0.2) is 57.9 Å². The van der Waals surface area contributed by atoms with E-state index in [1.807, 2.05) is 56.7 Å². The van der Waals surface area contributed by atoms with Crippen LogP contribution in [0.25, 0.3) is 10.8 Å². The maximum absolute atomic E-state index is 13.1. The Morgan fingerprint density at radius 1 is 1.14 bits per heavy atom. The molecule has 1 amide bonds. The molecule has 0 saturated carbocycles. The van der Waals surface area contributed by atoms with Crippen molar-refractivity contribution in [1.82, 2.24) is 14.8 Å². The molecule has 3 rings (SSSR count). The molecule has 0 aliphatic carbocycles. The lowest BCUT2D eigenvalue weighted by Gasteiger charge is -2.15. The number of aromatic nitrogens is 1. The molecule has 0 fully saturated rings. The van der Waals surface area contributed by atoms with Gasteiger partial charge in [-0.1, -0.05) is 28.1 Å². The average Bonchev–Trinajstić information content (AvgIpc) is 2.68. The van der Waals surface area contributed by atoms with Crippen LogP contribution < -0.4 is 10.9 Å². The molecule has 146 valence electrons. The quantitative estimate of drug-likeness (QED) is 0.638. The molecule has 0 saturated heterocycles. The first kappa shape index (κ1) is 20.3. The monoisotopic (exact) mass is 441 g/mol. The molecule has 0 radical (unpaired) electrons. The van der Waals surface area contributed by atoms with Gasteiger partial charge in [-0.25, -0.2) is 0 Å².